The van der Waals surface area contributed by atoms with Crippen LogP contribution < -0.4 is 10.2 Å². The number of benzene rings is 1. The number of nitrogens with zero attached hydrogens (tertiary/aromatic N) is 2. The molecule has 1 fully saturated rings. The normalized spacial score (nSPS) is 18.2. The average Bonchev–Trinajstić information content (AvgIpc) is 2.49. The molecule has 0 aromatic heterocycles. The second kappa shape index (κ2) is 7.62. The van der Waals surface area contributed by atoms with E-state index in [2.05, 4.69) is 53.2 Å². The molecule has 2 rings (SSSR count). The van der Waals surface area contributed by atoms with Crippen LogP contribution in [0.5, 0.6) is 0 Å². The van der Waals surface area contributed by atoms with Gasteiger partial charge in [0, 0.05) is 44.5 Å². The maximum atomic E-state index is 9.01. The Labute approximate surface area is 122 Å². The van der Waals surface area contributed by atoms with Crippen molar-refractivity contribution in [2.24, 2.45) is 0 Å². The highest BCUT2D eigenvalue weighted by molar-refractivity contribution is 5.55. The molecule has 1 heterocycles. The van der Waals surface area contributed by atoms with Gasteiger partial charge in [0.25, 0.3) is 0 Å². The lowest BCUT2D eigenvalue weighted by Gasteiger charge is -2.37. The van der Waals surface area contributed by atoms with Crippen LogP contribution in [0.3, 0.4) is 0 Å². The van der Waals surface area contributed by atoms with Crippen molar-refractivity contribution in [3.63, 3.8) is 0 Å². The fourth-order valence-corrected chi connectivity index (χ4v) is 2.91. The maximum absolute atomic E-state index is 9.01. The Bertz CT molecular complexity index is 402. The fourth-order valence-electron chi connectivity index (χ4n) is 2.91. The molecule has 0 bridgehead atoms. The number of β-amino-alcohol motifs (C(OH)–C–C–N with tert-alkyl or cyclic N) is 1. The molecular formula is C16H27N3O. The van der Waals surface area contributed by atoms with E-state index in [9.17, 15) is 0 Å². The largest absolute Gasteiger partial charge is 0.395 e. The Kier molecular flexibility index (Phi) is 5.83. The van der Waals surface area contributed by atoms with Crippen LogP contribution >= 0.6 is 0 Å². The Morgan fingerprint density at radius 1 is 1.20 bits per heavy atom. The highest BCUT2D eigenvalue weighted by Gasteiger charge is 2.20. The van der Waals surface area contributed by atoms with E-state index in [1.165, 1.54) is 11.3 Å². The summed E-state index contributed by atoms with van der Waals surface area (Å²) in [7, 11) is 0. The van der Waals surface area contributed by atoms with Gasteiger partial charge in [-0.25, -0.2) is 0 Å². The minimum Gasteiger partial charge on any atom is -0.395 e. The van der Waals surface area contributed by atoms with Crippen molar-refractivity contribution in [3.05, 3.63) is 29.8 Å². The molecule has 0 saturated carbocycles. The predicted molar refractivity (Wildman–Crippen MR) is 84.3 cm³/mol. The van der Waals surface area contributed by atoms with Crippen molar-refractivity contribution in [3.8, 4) is 0 Å². The Morgan fingerprint density at radius 2 is 1.90 bits per heavy atom. The number of aliphatic hydroxyl groups excluding tert-OH is 1. The summed E-state index contributed by atoms with van der Waals surface area (Å²) < 4.78 is 0. The first-order valence-corrected chi connectivity index (χ1v) is 7.66. The molecule has 2 N–H and O–H groups in total. The maximum Gasteiger partial charge on any atom is 0.0558 e. The van der Waals surface area contributed by atoms with Crippen LogP contribution in [0.2, 0.25) is 0 Å². The number of hydrogen-bond acceptors (Lipinski definition) is 4. The standard InChI is InChI=1S/C16H27N3O/c1-3-17-14(2)15-6-4-5-7-16(15)19-10-8-18(9-11-19)12-13-20/h4-7,14,17,20H,3,8-13H2,1-2H3. The second-order valence-electron chi connectivity index (χ2n) is 5.39. The van der Waals surface area contributed by atoms with Crippen molar-refractivity contribution >= 4 is 5.69 Å². The molecule has 0 amide bonds. The van der Waals surface area contributed by atoms with E-state index < -0.39 is 0 Å². The van der Waals surface area contributed by atoms with Gasteiger partial charge >= 0.3 is 0 Å². The summed E-state index contributed by atoms with van der Waals surface area (Å²) in [5.41, 5.74) is 2.73. The van der Waals surface area contributed by atoms with Gasteiger partial charge in [-0.3, -0.25) is 4.90 Å². The minimum absolute atomic E-state index is 0.258. The third-order valence-corrected chi connectivity index (χ3v) is 4.04. The molecule has 4 heteroatoms. The van der Waals surface area contributed by atoms with E-state index in [0.29, 0.717) is 6.04 Å². The first-order valence-electron chi connectivity index (χ1n) is 7.66. The van der Waals surface area contributed by atoms with E-state index in [0.717, 1.165) is 39.3 Å². The quantitative estimate of drug-likeness (QED) is 0.826. The van der Waals surface area contributed by atoms with Crippen molar-refractivity contribution in [1.29, 1.82) is 0 Å². The van der Waals surface area contributed by atoms with Gasteiger partial charge in [-0.15, -0.1) is 0 Å². The zero-order chi connectivity index (χ0) is 14.4. The lowest BCUT2D eigenvalue weighted by atomic mass is 10.0. The van der Waals surface area contributed by atoms with Crippen molar-refractivity contribution in [2.45, 2.75) is 19.9 Å². The summed E-state index contributed by atoms with van der Waals surface area (Å²) in [6.45, 7) is 10.6. The van der Waals surface area contributed by atoms with Crippen LogP contribution in [0.1, 0.15) is 25.5 Å². The minimum atomic E-state index is 0.258. The van der Waals surface area contributed by atoms with E-state index in [1.807, 2.05) is 0 Å². The molecule has 0 aliphatic carbocycles. The second-order valence-corrected chi connectivity index (χ2v) is 5.39. The van der Waals surface area contributed by atoms with Gasteiger partial charge in [0.2, 0.25) is 0 Å². The molecule has 1 aromatic carbocycles. The third-order valence-electron chi connectivity index (χ3n) is 4.04. The fraction of sp³-hybridized carbons (Fsp3) is 0.625. The molecule has 1 atom stereocenters. The average molecular weight is 277 g/mol. The molecule has 112 valence electrons. The molecule has 1 unspecified atom stereocenters. The molecule has 1 saturated heterocycles. The van der Waals surface area contributed by atoms with Crippen LogP contribution in [-0.2, 0) is 0 Å². The number of rotatable bonds is 6. The summed E-state index contributed by atoms with van der Waals surface area (Å²) in [5, 5.41) is 12.5. The smallest absolute Gasteiger partial charge is 0.0558 e. The van der Waals surface area contributed by atoms with E-state index >= 15 is 0 Å². The highest BCUT2D eigenvalue weighted by atomic mass is 16.3. The van der Waals surface area contributed by atoms with Gasteiger partial charge in [-0.2, -0.15) is 0 Å². The van der Waals surface area contributed by atoms with Gasteiger partial charge in [0.15, 0.2) is 0 Å². The highest BCUT2D eigenvalue weighted by Crippen LogP contribution is 2.27. The van der Waals surface area contributed by atoms with Gasteiger partial charge in [0.05, 0.1) is 6.61 Å². The van der Waals surface area contributed by atoms with Gasteiger partial charge in [-0.1, -0.05) is 25.1 Å². The third kappa shape index (κ3) is 3.72. The number of aliphatic hydroxyl groups is 1. The Morgan fingerprint density at radius 3 is 2.55 bits per heavy atom. The predicted octanol–water partition coefficient (Wildman–Crippen LogP) is 1.47. The first-order chi connectivity index (χ1) is 9.76. The number of nitrogens with one attached hydrogen (secondary N) is 1. The molecule has 1 aliphatic heterocycles. The summed E-state index contributed by atoms with van der Waals surface area (Å²) >= 11 is 0. The van der Waals surface area contributed by atoms with Crippen LogP contribution in [0.15, 0.2) is 24.3 Å². The molecule has 1 aromatic rings. The molecular weight excluding hydrogens is 250 g/mol. The molecule has 4 nitrogen and oxygen atoms in total. The molecule has 20 heavy (non-hydrogen) atoms. The van der Waals surface area contributed by atoms with Gasteiger partial charge in [0.1, 0.15) is 0 Å². The Balaban J connectivity index is 2.06. The van der Waals surface area contributed by atoms with Gasteiger partial charge in [-0.05, 0) is 25.1 Å². The molecule has 1 aliphatic rings. The molecule has 0 radical (unpaired) electrons. The Hall–Kier alpha value is -1.10. The topological polar surface area (TPSA) is 38.7 Å². The molecule has 0 spiro atoms. The van der Waals surface area contributed by atoms with E-state index in [-0.39, 0.29) is 6.61 Å². The summed E-state index contributed by atoms with van der Waals surface area (Å²) in [6.07, 6.45) is 0. The monoisotopic (exact) mass is 277 g/mol. The number of piperazine rings is 1. The summed E-state index contributed by atoms with van der Waals surface area (Å²) in [6, 6.07) is 9.08. The van der Waals surface area contributed by atoms with Crippen molar-refractivity contribution < 1.29 is 5.11 Å². The van der Waals surface area contributed by atoms with Crippen LogP contribution in [0.25, 0.3) is 0 Å². The zero-order valence-electron chi connectivity index (χ0n) is 12.7. The van der Waals surface area contributed by atoms with Crippen LogP contribution in [-0.4, -0.2) is 55.9 Å². The van der Waals surface area contributed by atoms with Gasteiger partial charge < -0.3 is 15.3 Å². The van der Waals surface area contributed by atoms with E-state index in [4.69, 9.17) is 5.11 Å². The first kappa shape index (κ1) is 15.3. The SMILES string of the molecule is CCNC(C)c1ccccc1N1CCN(CCO)CC1. The number of anilines is 1. The lowest BCUT2D eigenvalue weighted by Crippen LogP contribution is -2.47. The lowest BCUT2D eigenvalue weighted by molar-refractivity contribution is 0.188. The van der Waals surface area contributed by atoms with Crippen molar-refractivity contribution in [2.75, 3.05) is 50.8 Å². The van der Waals surface area contributed by atoms with Crippen LogP contribution in [0, 0.1) is 0 Å². The number of para-hydroxylation sites is 1. The van der Waals surface area contributed by atoms with E-state index in [1.54, 1.807) is 0 Å². The summed E-state index contributed by atoms with van der Waals surface area (Å²) in [5.74, 6) is 0. The summed E-state index contributed by atoms with van der Waals surface area (Å²) in [4.78, 5) is 4.80. The van der Waals surface area contributed by atoms with Crippen LogP contribution in [0.4, 0.5) is 5.69 Å². The zero-order valence-corrected chi connectivity index (χ0v) is 12.7. The van der Waals surface area contributed by atoms with Crippen molar-refractivity contribution in [1.82, 2.24) is 10.2 Å². The number of hydrogen-bond donors (Lipinski definition) is 2.